The second-order valence-corrected chi connectivity index (χ2v) is 6.74. The zero-order valence-electron chi connectivity index (χ0n) is 16.4. The minimum atomic E-state index is -1.26. The highest BCUT2D eigenvalue weighted by molar-refractivity contribution is 5.89. The molecule has 0 aliphatic carbocycles. The third-order valence-corrected chi connectivity index (χ3v) is 4.54. The summed E-state index contributed by atoms with van der Waals surface area (Å²) < 4.78 is 0. The Morgan fingerprint density at radius 2 is 1.55 bits per heavy atom. The summed E-state index contributed by atoms with van der Waals surface area (Å²) in [6.45, 7) is 1.96. The van der Waals surface area contributed by atoms with Gasteiger partial charge in [0, 0.05) is 44.6 Å². The Labute approximate surface area is 170 Å². The maximum atomic E-state index is 9.55. The van der Waals surface area contributed by atoms with Gasteiger partial charge in [0.05, 0.1) is 5.84 Å². The normalized spacial score (nSPS) is 17.2. The Balaban J connectivity index is 0.000000321. The Morgan fingerprint density at radius 1 is 1.00 bits per heavy atom. The molecule has 1 fully saturated rings. The van der Waals surface area contributed by atoms with Crippen LogP contribution in [0.4, 0.5) is 0 Å². The lowest BCUT2D eigenvalue weighted by molar-refractivity contribution is -0.134. The number of carboxylic acids is 2. The Kier molecular flexibility index (Phi) is 8.63. The summed E-state index contributed by atoms with van der Waals surface area (Å²) in [6.07, 6.45) is 3.20. The van der Waals surface area contributed by atoms with E-state index in [2.05, 4.69) is 72.6 Å². The van der Waals surface area contributed by atoms with E-state index in [1.807, 2.05) is 0 Å². The van der Waals surface area contributed by atoms with E-state index < -0.39 is 11.9 Å². The molecule has 6 heteroatoms. The lowest BCUT2D eigenvalue weighted by Gasteiger charge is -2.12. The van der Waals surface area contributed by atoms with E-state index in [4.69, 9.17) is 15.2 Å². The lowest BCUT2D eigenvalue weighted by atomic mass is 9.98. The molecule has 0 aromatic heterocycles. The molecule has 6 nitrogen and oxygen atoms in total. The fourth-order valence-corrected chi connectivity index (χ4v) is 3.11. The standard InChI is InChI=1S/C19H22N2.C4H4O4/c1-21-15-18(17-10-6-3-7-11-17)14-19(21)20-13-12-16-8-4-2-5-9-16;5-3(6)1-2-4(7)8/h2-11,18H,12-15H2,1H3;1-2H,(H,5,6)(H,7,8)/b;2-1+. The molecule has 1 aliphatic heterocycles. The van der Waals surface area contributed by atoms with Crippen LogP contribution in [0.5, 0.6) is 0 Å². The summed E-state index contributed by atoms with van der Waals surface area (Å²) in [5.41, 5.74) is 2.79. The number of likely N-dealkylation sites (N-methyl/N-ethyl adjacent to an activating group) is 1. The van der Waals surface area contributed by atoms with Crippen LogP contribution in [0.15, 0.2) is 77.8 Å². The van der Waals surface area contributed by atoms with Gasteiger partial charge < -0.3 is 15.1 Å². The summed E-state index contributed by atoms with van der Waals surface area (Å²) in [7, 11) is 2.16. The van der Waals surface area contributed by atoms with Crippen molar-refractivity contribution in [3.63, 3.8) is 0 Å². The summed E-state index contributed by atoms with van der Waals surface area (Å²) in [6, 6.07) is 21.4. The van der Waals surface area contributed by atoms with Crippen LogP contribution in [0, 0.1) is 0 Å². The number of hydrogen-bond acceptors (Lipinski definition) is 3. The van der Waals surface area contributed by atoms with Crippen molar-refractivity contribution in [2.45, 2.75) is 18.8 Å². The molecule has 2 aromatic rings. The van der Waals surface area contributed by atoms with Crippen molar-refractivity contribution < 1.29 is 19.8 Å². The SMILES string of the molecule is CN1CC(c2ccccc2)CC1=NCCc1ccccc1.O=C(O)/C=C/C(=O)O. The number of amidine groups is 1. The minimum Gasteiger partial charge on any atom is -0.478 e. The Bertz CT molecular complexity index is 832. The van der Waals surface area contributed by atoms with Gasteiger partial charge in [-0.15, -0.1) is 0 Å². The number of carbonyl (C=O) groups is 2. The van der Waals surface area contributed by atoms with Gasteiger partial charge >= 0.3 is 11.9 Å². The molecule has 1 atom stereocenters. The third-order valence-electron chi connectivity index (χ3n) is 4.54. The average molecular weight is 394 g/mol. The molecule has 1 saturated heterocycles. The first-order valence-electron chi connectivity index (χ1n) is 9.43. The molecule has 1 aliphatic rings. The number of likely N-dealkylation sites (tertiary alicyclic amines) is 1. The molecule has 1 unspecified atom stereocenters. The second-order valence-electron chi connectivity index (χ2n) is 6.74. The van der Waals surface area contributed by atoms with Gasteiger partial charge in [-0.3, -0.25) is 4.99 Å². The molecule has 2 aromatic carbocycles. The van der Waals surface area contributed by atoms with Crippen molar-refractivity contribution in [3.05, 3.63) is 83.9 Å². The number of rotatable bonds is 6. The molecular formula is C23H26N2O4. The van der Waals surface area contributed by atoms with Gasteiger partial charge in [-0.2, -0.15) is 0 Å². The number of aliphatic carboxylic acids is 2. The monoisotopic (exact) mass is 394 g/mol. The Hall–Kier alpha value is -3.41. The Morgan fingerprint density at radius 3 is 2.10 bits per heavy atom. The van der Waals surface area contributed by atoms with E-state index in [0.717, 1.165) is 25.9 Å². The lowest BCUT2D eigenvalue weighted by Crippen LogP contribution is -2.20. The highest BCUT2D eigenvalue weighted by atomic mass is 16.4. The maximum Gasteiger partial charge on any atom is 0.328 e. The number of benzene rings is 2. The van der Waals surface area contributed by atoms with E-state index in [9.17, 15) is 9.59 Å². The maximum absolute atomic E-state index is 9.55. The zero-order chi connectivity index (χ0) is 21.1. The van der Waals surface area contributed by atoms with Gasteiger partial charge in [0.1, 0.15) is 0 Å². The number of carboxylic acid groups (broad SMARTS) is 2. The fraction of sp³-hybridized carbons (Fsp3) is 0.261. The van der Waals surface area contributed by atoms with Gasteiger partial charge in [-0.25, -0.2) is 9.59 Å². The van der Waals surface area contributed by atoms with Gasteiger partial charge in [0.15, 0.2) is 0 Å². The van der Waals surface area contributed by atoms with Crippen molar-refractivity contribution in [2.75, 3.05) is 20.1 Å². The molecule has 1 heterocycles. The second kappa shape index (κ2) is 11.4. The number of hydrogen-bond donors (Lipinski definition) is 2. The predicted molar refractivity (Wildman–Crippen MR) is 113 cm³/mol. The largest absolute Gasteiger partial charge is 0.478 e. The van der Waals surface area contributed by atoms with Crippen LogP contribution >= 0.6 is 0 Å². The third kappa shape index (κ3) is 8.01. The van der Waals surface area contributed by atoms with Gasteiger partial charge in [0.2, 0.25) is 0 Å². The highest BCUT2D eigenvalue weighted by Gasteiger charge is 2.25. The first-order valence-corrected chi connectivity index (χ1v) is 9.43. The van der Waals surface area contributed by atoms with Crippen molar-refractivity contribution in [1.82, 2.24) is 4.90 Å². The molecule has 152 valence electrons. The zero-order valence-corrected chi connectivity index (χ0v) is 16.4. The molecule has 0 bridgehead atoms. The highest BCUT2D eigenvalue weighted by Crippen LogP contribution is 2.27. The van der Waals surface area contributed by atoms with E-state index in [1.165, 1.54) is 17.0 Å². The first-order chi connectivity index (χ1) is 14.0. The van der Waals surface area contributed by atoms with Crippen LogP contribution in [-0.2, 0) is 16.0 Å². The first kappa shape index (κ1) is 21.9. The van der Waals surface area contributed by atoms with Gasteiger partial charge in [-0.1, -0.05) is 60.7 Å². The molecule has 0 saturated carbocycles. The molecule has 0 spiro atoms. The van der Waals surface area contributed by atoms with E-state index in [1.54, 1.807) is 0 Å². The molecular weight excluding hydrogens is 368 g/mol. The summed E-state index contributed by atoms with van der Waals surface area (Å²) in [5, 5.41) is 15.6. The average Bonchev–Trinajstić information content (AvgIpc) is 3.09. The number of aliphatic imine (C=N–C) groups is 1. The summed E-state index contributed by atoms with van der Waals surface area (Å²) in [4.78, 5) is 26.2. The van der Waals surface area contributed by atoms with Crippen LogP contribution in [0.2, 0.25) is 0 Å². The van der Waals surface area contributed by atoms with Gasteiger partial charge in [0.25, 0.3) is 0 Å². The van der Waals surface area contributed by atoms with Crippen molar-refractivity contribution in [1.29, 1.82) is 0 Å². The number of nitrogens with zero attached hydrogens (tertiary/aromatic N) is 2. The van der Waals surface area contributed by atoms with E-state index in [0.29, 0.717) is 18.1 Å². The smallest absolute Gasteiger partial charge is 0.328 e. The molecule has 0 amide bonds. The predicted octanol–water partition coefficient (Wildman–Crippen LogP) is 3.46. The summed E-state index contributed by atoms with van der Waals surface area (Å²) >= 11 is 0. The minimum absolute atomic E-state index is 0.558. The van der Waals surface area contributed by atoms with Crippen molar-refractivity contribution >= 4 is 17.8 Å². The fourth-order valence-electron chi connectivity index (χ4n) is 3.11. The molecule has 2 N–H and O–H groups in total. The van der Waals surface area contributed by atoms with Crippen LogP contribution in [0.1, 0.15) is 23.5 Å². The van der Waals surface area contributed by atoms with Crippen LogP contribution in [-0.4, -0.2) is 53.0 Å². The molecule has 29 heavy (non-hydrogen) atoms. The van der Waals surface area contributed by atoms with Crippen molar-refractivity contribution in [2.24, 2.45) is 4.99 Å². The topological polar surface area (TPSA) is 90.2 Å². The quantitative estimate of drug-likeness (QED) is 0.733. The summed E-state index contributed by atoms with van der Waals surface area (Å²) in [5.74, 6) is -0.675. The van der Waals surface area contributed by atoms with Crippen molar-refractivity contribution in [3.8, 4) is 0 Å². The molecule has 0 radical (unpaired) electrons. The van der Waals surface area contributed by atoms with E-state index in [-0.39, 0.29) is 0 Å². The van der Waals surface area contributed by atoms with E-state index >= 15 is 0 Å². The molecule has 3 rings (SSSR count). The van der Waals surface area contributed by atoms with Crippen LogP contribution < -0.4 is 0 Å². The van der Waals surface area contributed by atoms with Crippen LogP contribution in [0.3, 0.4) is 0 Å². The van der Waals surface area contributed by atoms with Gasteiger partial charge in [-0.05, 0) is 17.5 Å². The van der Waals surface area contributed by atoms with Crippen LogP contribution in [0.25, 0.3) is 0 Å².